The lowest BCUT2D eigenvalue weighted by atomic mass is 10.0. The molecule has 2 nitrogen and oxygen atoms in total. The van der Waals surface area contributed by atoms with Crippen molar-refractivity contribution in [3.05, 3.63) is 64.4 Å². The fraction of sp³-hybridized carbons (Fsp3) is 0.250. The Morgan fingerprint density at radius 2 is 1.95 bits per heavy atom. The molecule has 0 aromatic heterocycles. The summed E-state index contributed by atoms with van der Waals surface area (Å²) < 4.78 is 20.4. The smallest absolute Gasteiger partial charge is 0.128 e. The van der Waals surface area contributed by atoms with E-state index in [0.717, 1.165) is 10.2 Å². The van der Waals surface area contributed by atoms with Gasteiger partial charge in [0.15, 0.2) is 0 Å². The van der Waals surface area contributed by atoms with E-state index in [2.05, 4.69) is 21.2 Å². The molecule has 1 atom stereocenters. The summed E-state index contributed by atoms with van der Waals surface area (Å²) in [5.41, 5.74) is 0.651. The van der Waals surface area contributed by atoms with Crippen LogP contribution in [0.2, 0.25) is 0 Å². The van der Waals surface area contributed by atoms with Crippen LogP contribution in [0.4, 0.5) is 4.39 Å². The molecule has 0 aliphatic carbocycles. The van der Waals surface area contributed by atoms with Crippen molar-refractivity contribution in [1.29, 1.82) is 0 Å². The molecule has 0 spiro atoms. The van der Waals surface area contributed by atoms with Crippen molar-refractivity contribution in [2.75, 3.05) is 13.7 Å². The van der Waals surface area contributed by atoms with Gasteiger partial charge in [-0.1, -0.05) is 34.1 Å². The lowest BCUT2D eigenvalue weighted by Crippen LogP contribution is -2.20. The van der Waals surface area contributed by atoms with Crippen LogP contribution in [0, 0.1) is 5.82 Å². The third kappa shape index (κ3) is 4.05. The van der Waals surface area contributed by atoms with E-state index in [4.69, 9.17) is 4.74 Å². The summed E-state index contributed by atoms with van der Waals surface area (Å²) in [5.74, 6) is 0.629. The van der Waals surface area contributed by atoms with Gasteiger partial charge in [-0.3, -0.25) is 0 Å². The van der Waals surface area contributed by atoms with E-state index >= 15 is 0 Å². The topological polar surface area (TPSA) is 21.3 Å². The van der Waals surface area contributed by atoms with Gasteiger partial charge in [0, 0.05) is 22.5 Å². The number of hydrogen-bond donors (Lipinski definition) is 1. The number of benzene rings is 2. The Hall–Kier alpha value is -1.39. The first kappa shape index (κ1) is 15.0. The molecule has 4 heteroatoms. The van der Waals surface area contributed by atoms with E-state index in [9.17, 15) is 4.39 Å². The molecule has 0 radical (unpaired) electrons. The molecule has 0 amide bonds. The fourth-order valence-electron chi connectivity index (χ4n) is 2.05. The molecule has 1 unspecified atom stereocenters. The summed E-state index contributed by atoms with van der Waals surface area (Å²) in [6, 6.07) is 14.5. The molecule has 0 saturated heterocycles. The number of hydrogen-bond acceptors (Lipinski definition) is 2. The summed E-state index contributed by atoms with van der Waals surface area (Å²) in [4.78, 5) is 0. The molecule has 0 bridgehead atoms. The van der Waals surface area contributed by atoms with E-state index in [-0.39, 0.29) is 11.9 Å². The lowest BCUT2D eigenvalue weighted by molar-refractivity contribution is 0.288. The maximum atomic E-state index is 13.9. The van der Waals surface area contributed by atoms with Crippen LogP contribution in [-0.2, 0) is 0 Å². The van der Waals surface area contributed by atoms with Crippen LogP contribution < -0.4 is 10.1 Å². The molecular weight excluding hydrogens is 321 g/mol. The van der Waals surface area contributed by atoms with Gasteiger partial charge in [0.1, 0.15) is 11.6 Å². The van der Waals surface area contributed by atoms with Crippen molar-refractivity contribution < 1.29 is 9.13 Å². The van der Waals surface area contributed by atoms with E-state index in [1.165, 1.54) is 6.07 Å². The first-order valence-corrected chi connectivity index (χ1v) is 7.30. The van der Waals surface area contributed by atoms with Crippen molar-refractivity contribution in [1.82, 2.24) is 5.32 Å². The van der Waals surface area contributed by atoms with Crippen molar-refractivity contribution >= 4 is 15.9 Å². The molecule has 0 fully saturated rings. The summed E-state index contributed by atoms with van der Waals surface area (Å²) in [6.07, 6.45) is 0.693. The van der Waals surface area contributed by atoms with Gasteiger partial charge in [-0.25, -0.2) is 4.39 Å². The maximum Gasteiger partial charge on any atom is 0.128 e. The SMILES string of the molecule is CNC(CCOc1ccccc1)c1cc(Br)ccc1F. The third-order valence-corrected chi connectivity index (χ3v) is 3.59. The van der Waals surface area contributed by atoms with Gasteiger partial charge < -0.3 is 10.1 Å². The van der Waals surface area contributed by atoms with Gasteiger partial charge in [-0.05, 0) is 37.4 Å². The molecule has 1 N–H and O–H groups in total. The zero-order valence-corrected chi connectivity index (χ0v) is 12.9. The fourth-order valence-corrected chi connectivity index (χ4v) is 2.43. The Morgan fingerprint density at radius 1 is 1.20 bits per heavy atom. The molecule has 2 rings (SSSR count). The summed E-state index contributed by atoms with van der Waals surface area (Å²) >= 11 is 3.37. The van der Waals surface area contributed by atoms with Crippen LogP contribution >= 0.6 is 15.9 Å². The predicted molar refractivity (Wildman–Crippen MR) is 82.5 cm³/mol. The molecule has 2 aromatic rings. The number of rotatable bonds is 6. The summed E-state index contributed by atoms with van der Waals surface area (Å²) in [7, 11) is 1.83. The normalized spacial score (nSPS) is 12.2. The Morgan fingerprint density at radius 3 is 2.65 bits per heavy atom. The zero-order chi connectivity index (χ0) is 14.4. The molecule has 0 aliphatic rings. The Kier molecular flexibility index (Phi) is 5.56. The van der Waals surface area contributed by atoms with Crippen LogP contribution in [0.15, 0.2) is 53.0 Å². The monoisotopic (exact) mass is 337 g/mol. The zero-order valence-electron chi connectivity index (χ0n) is 11.3. The summed E-state index contributed by atoms with van der Waals surface area (Å²) in [5, 5.41) is 3.13. The maximum absolute atomic E-state index is 13.9. The molecule has 0 aliphatic heterocycles. The highest BCUT2D eigenvalue weighted by Crippen LogP contribution is 2.24. The number of halogens is 2. The number of ether oxygens (including phenoxy) is 1. The molecular formula is C16H17BrFNO. The molecule has 2 aromatic carbocycles. The molecule has 106 valence electrons. The van der Waals surface area contributed by atoms with Gasteiger partial charge >= 0.3 is 0 Å². The average Bonchev–Trinajstić information content (AvgIpc) is 2.48. The van der Waals surface area contributed by atoms with E-state index in [1.807, 2.05) is 37.4 Å². The Balaban J connectivity index is 1.97. The highest BCUT2D eigenvalue weighted by molar-refractivity contribution is 9.10. The van der Waals surface area contributed by atoms with Crippen molar-refractivity contribution in [3.63, 3.8) is 0 Å². The van der Waals surface area contributed by atoms with Gasteiger partial charge in [-0.2, -0.15) is 0 Å². The molecule has 20 heavy (non-hydrogen) atoms. The predicted octanol–water partition coefficient (Wildman–Crippen LogP) is 4.32. The molecule has 0 saturated carbocycles. The average molecular weight is 338 g/mol. The van der Waals surface area contributed by atoms with Gasteiger partial charge in [0.2, 0.25) is 0 Å². The van der Waals surface area contributed by atoms with Crippen LogP contribution in [0.1, 0.15) is 18.0 Å². The minimum atomic E-state index is -0.202. The molecule has 0 heterocycles. The van der Waals surface area contributed by atoms with Crippen LogP contribution in [0.5, 0.6) is 5.75 Å². The van der Waals surface area contributed by atoms with Crippen LogP contribution in [-0.4, -0.2) is 13.7 Å². The Labute approximate surface area is 127 Å². The highest BCUT2D eigenvalue weighted by atomic mass is 79.9. The van der Waals surface area contributed by atoms with Crippen molar-refractivity contribution in [3.8, 4) is 5.75 Å². The minimum absolute atomic E-state index is 0.0730. The third-order valence-electron chi connectivity index (χ3n) is 3.10. The second kappa shape index (κ2) is 7.41. The number of nitrogens with one attached hydrogen (secondary N) is 1. The van der Waals surface area contributed by atoms with E-state index in [1.54, 1.807) is 12.1 Å². The van der Waals surface area contributed by atoms with Gasteiger partial charge in [0.05, 0.1) is 6.61 Å². The second-order valence-corrected chi connectivity index (χ2v) is 5.37. The van der Waals surface area contributed by atoms with Crippen molar-refractivity contribution in [2.24, 2.45) is 0 Å². The first-order valence-electron chi connectivity index (χ1n) is 6.51. The van der Waals surface area contributed by atoms with E-state index in [0.29, 0.717) is 18.6 Å². The van der Waals surface area contributed by atoms with Crippen LogP contribution in [0.3, 0.4) is 0 Å². The number of para-hydroxylation sites is 1. The van der Waals surface area contributed by atoms with Crippen LogP contribution in [0.25, 0.3) is 0 Å². The summed E-state index contributed by atoms with van der Waals surface area (Å²) in [6.45, 7) is 0.529. The minimum Gasteiger partial charge on any atom is -0.494 e. The second-order valence-electron chi connectivity index (χ2n) is 4.46. The first-order chi connectivity index (χ1) is 9.70. The quantitative estimate of drug-likeness (QED) is 0.847. The van der Waals surface area contributed by atoms with E-state index < -0.39 is 0 Å². The van der Waals surface area contributed by atoms with Gasteiger partial charge in [0.25, 0.3) is 0 Å². The van der Waals surface area contributed by atoms with Crippen molar-refractivity contribution in [2.45, 2.75) is 12.5 Å². The highest BCUT2D eigenvalue weighted by Gasteiger charge is 2.14. The standard InChI is InChI=1S/C16H17BrFNO/c1-19-16(14-11-12(17)7-8-15(14)18)9-10-20-13-5-3-2-4-6-13/h2-8,11,16,19H,9-10H2,1H3. The lowest BCUT2D eigenvalue weighted by Gasteiger charge is -2.18. The largest absolute Gasteiger partial charge is 0.494 e. The Bertz CT molecular complexity index is 547. The van der Waals surface area contributed by atoms with Gasteiger partial charge in [-0.15, -0.1) is 0 Å².